The third kappa shape index (κ3) is 4.22. The molecular weight excluding hydrogens is 344 g/mol. The number of carbonyl (C=O) groups is 1. The Morgan fingerprint density at radius 3 is 2.59 bits per heavy atom. The summed E-state index contributed by atoms with van der Waals surface area (Å²) in [4.78, 5) is 12.4. The molecule has 0 aliphatic heterocycles. The Bertz CT molecular complexity index is 745. The van der Waals surface area contributed by atoms with Crippen molar-refractivity contribution in [3.8, 4) is 0 Å². The van der Waals surface area contributed by atoms with Crippen LogP contribution in [0.4, 0.5) is 5.69 Å². The van der Waals surface area contributed by atoms with Gasteiger partial charge in [0.1, 0.15) is 0 Å². The molecule has 0 aliphatic rings. The predicted molar refractivity (Wildman–Crippen MR) is 90.3 cm³/mol. The van der Waals surface area contributed by atoms with Crippen molar-refractivity contribution in [1.29, 1.82) is 0 Å². The number of rotatable bonds is 6. The van der Waals surface area contributed by atoms with Gasteiger partial charge in [-0.25, -0.2) is 8.42 Å². The van der Waals surface area contributed by atoms with E-state index in [9.17, 15) is 13.2 Å². The van der Waals surface area contributed by atoms with Crippen molar-refractivity contribution >= 4 is 44.6 Å². The van der Waals surface area contributed by atoms with Crippen LogP contribution in [-0.4, -0.2) is 33.7 Å². The van der Waals surface area contributed by atoms with Gasteiger partial charge in [0.2, 0.25) is 10.0 Å². The number of amides is 1. The highest BCUT2D eigenvalue weighted by Crippen LogP contribution is 2.26. The minimum Gasteiger partial charge on any atom is -0.350 e. The van der Waals surface area contributed by atoms with Crippen LogP contribution in [0.25, 0.3) is 0 Å². The summed E-state index contributed by atoms with van der Waals surface area (Å²) in [6.07, 6.45) is 1.11. The molecule has 0 radical (unpaired) electrons. The molecule has 0 unspecified atom stereocenters. The van der Waals surface area contributed by atoms with Crippen LogP contribution in [0.5, 0.6) is 0 Å². The van der Waals surface area contributed by atoms with E-state index in [2.05, 4.69) is 5.32 Å². The van der Waals surface area contributed by atoms with Crippen LogP contribution in [0, 0.1) is 0 Å². The van der Waals surface area contributed by atoms with Crippen molar-refractivity contribution in [1.82, 2.24) is 5.32 Å². The summed E-state index contributed by atoms with van der Waals surface area (Å²) < 4.78 is 25.1. The second-order valence-corrected chi connectivity index (χ2v) is 7.78. The maximum Gasteiger partial charge on any atom is 0.261 e. The predicted octanol–water partition coefficient (Wildman–Crippen LogP) is 2.60. The summed E-state index contributed by atoms with van der Waals surface area (Å²) >= 11 is 7.39. The van der Waals surface area contributed by atoms with E-state index in [0.717, 1.165) is 6.26 Å². The van der Waals surface area contributed by atoms with Crippen molar-refractivity contribution < 1.29 is 13.2 Å². The zero-order chi connectivity index (χ0) is 16.2. The molecular formula is C14H15ClN2O3S2. The maximum atomic E-state index is 11.9. The highest BCUT2D eigenvalue weighted by molar-refractivity contribution is 7.92. The molecule has 0 saturated carbocycles. The minimum absolute atomic E-state index is 0.111. The van der Waals surface area contributed by atoms with Gasteiger partial charge in [-0.2, -0.15) is 0 Å². The first kappa shape index (κ1) is 16.8. The van der Waals surface area contributed by atoms with Gasteiger partial charge in [0.05, 0.1) is 28.4 Å². The summed E-state index contributed by atoms with van der Waals surface area (Å²) in [6, 6.07) is 10.2. The molecule has 0 saturated heterocycles. The van der Waals surface area contributed by atoms with Gasteiger partial charge in [-0.3, -0.25) is 9.10 Å². The Labute approximate surface area is 138 Å². The summed E-state index contributed by atoms with van der Waals surface area (Å²) in [7, 11) is -3.49. The second-order valence-electron chi connectivity index (χ2n) is 4.52. The zero-order valence-corrected chi connectivity index (χ0v) is 14.2. The molecule has 0 bridgehead atoms. The number of hydrogen-bond donors (Lipinski definition) is 1. The number of sulfonamides is 1. The smallest absolute Gasteiger partial charge is 0.261 e. The Kier molecular flexibility index (Phi) is 5.44. The van der Waals surface area contributed by atoms with Crippen molar-refractivity contribution in [3.05, 3.63) is 51.7 Å². The minimum atomic E-state index is -3.49. The zero-order valence-electron chi connectivity index (χ0n) is 11.8. The lowest BCUT2D eigenvalue weighted by Crippen LogP contribution is -2.38. The van der Waals surface area contributed by atoms with Crippen LogP contribution < -0.4 is 9.62 Å². The topological polar surface area (TPSA) is 66.5 Å². The van der Waals surface area contributed by atoms with Crippen LogP contribution in [0.1, 0.15) is 9.67 Å². The van der Waals surface area contributed by atoms with E-state index < -0.39 is 10.0 Å². The van der Waals surface area contributed by atoms with E-state index in [1.54, 1.807) is 36.4 Å². The van der Waals surface area contributed by atoms with Crippen LogP contribution >= 0.6 is 22.9 Å². The van der Waals surface area contributed by atoms with Crippen LogP contribution in [-0.2, 0) is 10.0 Å². The molecule has 0 spiro atoms. The SMILES string of the molecule is CS(=O)(=O)N(CCNC(=O)c1cccs1)c1ccccc1Cl. The highest BCUT2D eigenvalue weighted by atomic mass is 35.5. The number of anilines is 1. The normalized spacial score (nSPS) is 11.2. The molecule has 0 fully saturated rings. The van der Waals surface area contributed by atoms with Crippen molar-refractivity contribution in [2.75, 3.05) is 23.7 Å². The molecule has 2 aromatic rings. The molecule has 1 N–H and O–H groups in total. The second kappa shape index (κ2) is 7.13. The summed E-state index contributed by atoms with van der Waals surface area (Å²) in [5, 5.41) is 4.85. The number of benzene rings is 1. The fourth-order valence-corrected chi connectivity index (χ4v) is 3.75. The van der Waals surface area contributed by atoms with Crippen LogP contribution in [0.15, 0.2) is 41.8 Å². The first-order valence-corrected chi connectivity index (χ1v) is 9.54. The molecule has 1 amide bonds. The molecule has 0 aliphatic carbocycles. The first-order valence-electron chi connectivity index (χ1n) is 6.43. The largest absolute Gasteiger partial charge is 0.350 e. The van der Waals surface area contributed by atoms with E-state index in [1.165, 1.54) is 15.6 Å². The fourth-order valence-electron chi connectivity index (χ4n) is 1.88. The van der Waals surface area contributed by atoms with E-state index in [0.29, 0.717) is 15.6 Å². The highest BCUT2D eigenvalue weighted by Gasteiger charge is 2.19. The van der Waals surface area contributed by atoms with Gasteiger partial charge in [-0.1, -0.05) is 29.8 Å². The number of halogens is 1. The summed E-state index contributed by atoms with van der Waals surface area (Å²) in [5.41, 5.74) is 0.400. The van der Waals surface area contributed by atoms with Gasteiger partial charge in [-0.15, -0.1) is 11.3 Å². The number of nitrogens with one attached hydrogen (secondary N) is 1. The summed E-state index contributed by atoms with van der Waals surface area (Å²) in [5.74, 6) is -0.220. The van der Waals surface area contributed by atoms with Gasteiger partial charge < -0.3 is 5.32 Å². The third-order valence-corrected chi connectivity index (χ3v) is 5.24. The average molecular weight is 359 g/mol. The Morgan fingerprint density at radius 1 is 1.27 bits per heavy atom. The number of thiophene rings is 1. The van der Waals surface area contributed by atoms with Crippen LogP contribution in [0.3, 0.4) is 0 Å². The Balaban J connectivity index is 2.06. The standard InChI is InChI=1S/C14H15ClN2O3S2/c1-22(19,20)17(12-6-3-2-5-11(12)15)9-8-16-14(18)13-7-4-10-21-13/h2-7,10H,8-9H2,1H3,(H,16,18). The van der Waals surface area contributed by atoms with Crippen molar-refractivity contribution in [3.63, 3.8) is 0 Å². The lowest BCUT2D eigenvalue weighted by Gasteiger charge is -2.23. The van der Waals surface area contributed by atoms with E-state index in [-0.39, 0.29) is 19.0 Å². The molecule has 2 rings (SSSR count). The van der Waals surface area contributed by atoms with E-state index >= 15 is 0 Å². The molecule has 1 heterocycles. The van der Waals surface area contributed by atoms with E-state index in [1.807, 2.05) is 5.38 Å². The number of para-hydroxylation sites is 1. The number of carbonyl (C=O) groups excluding carboxylic acids is 1. The van der Waals surface area contributed by atoms with Gasteiger partial charge in [-0.05, 0) is 23.6 Å². The molecule has 1 aromatic heterocycles. The monoisotopic (exact) mass is 358 g/mol. The molecule has 22 heavy (non-hydrogen) atoms. The quantitative estimate of drug-likeness (QED) is 0.863. The van der Waals surface area contributed by atoms with E-state index in [4.69, 9.17) is 11.6 Å². The molecule has 1 aromatic carbocycles. The molecule has 0 atom stereocenters. The lowest BCUT2D eigenvalue weighted by molar-refractivity contribution is 0.0959. The third-order valence-electron chi connectivity index (χ3n) is 2.87. The molecule has 8 heteroatoms. The number of hydrogen-bond acceptors (Lipinski definition) is 4. The maximum absolute atomic E-state index is 11.9. The van der Waals surface area contributed by atoms with Crippen LogP contribution in [0.2, 0.25) is 5.02 Å². The Morgan fingerprint density at radius 2 is 2.00 bits per heavy atom. The van der Waals surface area contributed by atoms with Gasteiger partial charge in [0.15, 0.2) is 0 Å². The fraction of sp³-hybridized carbons (Fsp3) is 0.214. The Hall–Kier alpha value is -1.57. The molecule has 5 nitrogen and oxygen atoms in total. The van der Waals surface area contributed by atoms with Gasteiger partial charge in [0, 0.05) is 6.54 Å². The van der Waals surface area contributed by atoms with Crippen molar-refractivity contribution in [2.45, 2.75) is 0 Å². The first-order chi connectivity index (χ1) is 10.4. The van der Waals surface area contributed by atoms with Gasteiger partial charge in [0.25, 0.3) is 5.91 Å². The lowest BCUT2D eigenvalue weighted by atomic mass is 10.3. The average Bonchev–Trinajstić information content (AvgIpc) is 2.97. The van der Waals surface area contributed by atoms with Gasteiger partial charge >= 0.3 is 0 Å². The number of nitrogens with zero attached hydrogens (tertiary/aromatic N) is 1. The summed E-state index contributed by atoms with van der Waals surface area (Å²) in [6.45, 7) is 0.300. The van der Waals surface area contributed by atoms with Crippen molar-refractivity contribution in [2.24, 2.45) is 0 Å². The molecule has 118 valence electrons.